The normalized spacial score (nSPS) is 17.3. The van der Waals surface area contributed by atoms with E-state index in [1.54, 1.807) is 11.9 Å². The van der Waals surface area contributed by atoms with Gasteiger partial charge in [0, 0.05) is 26.4 Å². The first-order valence-electron chi connectivity index (χ1n) is 8.21. The van der Waals surface area contributed by atoms with E-state index in [4.69, 9.17) is 4.52 Å². The summed E-state index contributed by atoms with van der Waals surface area (Å²) in [5.41, 5.74) is 0. The van der Waals surface area contributed by atoms with Crippen LogP contribution in [-0.2, 0) is 29.0 Å². The lowest BCUT2D eigenvalue weighted by Gasteiger charge is -2.19. The van der Waals surface area contributed by atoms with E-state index < -0.39 is 5.92 Å². The van der Waals surface area contributed by atoms with Crippen molar-refractivity contribution in [2.24, 2.45) is 5.92 Å². The molecule has 1 saturated heterocycles. The number of carbonyl (C=O) groups excluding carboxylic acids is 2. The molecule has 25 heavy (non-hydrogen) atoms. The van der Waals surface area contributed by atoms with Crippen LogP contribution < -0.4 is 4.90 Å². The summed E-state index contributed by atoms with van der Waals surface area (Å²) in [6, 6.07) is 0. The van der Waals surface area contributed by atoms with Crippen molar-refractivity contribution in [3.63, 3.8) is 0 Å². The molecule has 3 heterocycles. The zero-order chi connectivity index (χ0) is 18.0. The summed E-state index contributed by atoms with van der Waals surface area (Å²) in [5.74, 6) is 0.396. The zero-order valence-electron chi connectivity index (χ0n) is 14.4. The van der Waals surface area contributed by atoms with Gasteiger partial charge in [0.1, 0.15) is 5.01 Å². The molecular formula is C15H20N6O3S. The Kier molecular flexibility index (Phi) is 5.07. The molecule has 2 aromatic heterocycles. The lowest BCUT2D eigenvalue weighted by Crippen LogP contribution is -2.34. The van der Waals surface area contributed by atoms with Crippen LogP contribution in [0, 0.1) is 5.92 Å². The highest BCUT2D eigenvalue weighted by Crippen LogP contribution is 2.28. The fourth-order valence-corrected chi connectivity index (χ4v) is 3.46. The maximum atomic E-state index is 12.6. The van der Waals surface area contributed by atoms with Crippen LogP contribution in [0.25, 0.3) is 0 Å². The molecule has 0 radical (unpaired) electrons. The zero-order valence-corrected chi connectivity index (χ0v) is 15.2. The van der Waals surface area contributed by atoms with E-state index in [-0.39, 0.29) is 24.8 Å². The average molecular weight is 364 g/mol. The number of amides is 2. The molecule has 2 aromatic rings. The number of carbonyl (C=O) groups is 2. The minimum absolute atomic E-state index is 0.0987. The van der Waals surface area contributed by atoms with Gasteiger partial charge in [0.05, 0.1) is 12.5 Å². The first-order valence-corrected chi connectivity index (χ1v) is 9.02. The molecule has 0 aliphatic carbocycles. The summed E-state index contributed by atoms with van der Waals surface area (Å²) in [4.78, 5) is 32.2. The third-order valence-electron chi connectivity index (χ3n) is 4.03. The Hall–Kier alpha value is -2.36. The first-order chi connectivity index (χ1) is 12.0. The van der Waals surface area contributed by atoms with Crippen LogP contribution in [0.15, 0.2) is 4.52 Å². The summed E-state index contributed by atoms with van der Waals surface area (Å²) in [6.07, 6.45) is 1.60. The number of hydrogen-bond donors (Lipinski definition) is 0. The number of anilines is 1. The fourth-order valence-electron chi connectivity index (χ4n) is 2.65. The molecular weight excluding hydrogens is 344 g/mol. The highest BCUT2D eigenvalue weighted by molar-refractivity contribution is 7.15. The Morgan fingerprint density at radius 1 is 1.36 bits per heavy atom. The van der Waals surface area contributed by atoms with Crippen LogP contribution in [0.2, 0.25) is 0 Å². The molecule has 0 bridgehead atoms. The number of aryl methyl sites for hydroxylation is 2. The van der Waals surface area contributed by atoms with E-state index in [2.05, 4.69) is 20.3 Å². The van der Waals surface area contributed by atoms with E-state index in [1.807, 2.05) is 13.8 Å². The minimum Gasteiger partial charge on any atom is -0.339 e. The lowest BCUT2D eigenvalue weighted by atomic mass is 10.1. The molecule has 1 unspecified atom stereocenters. The van der Waals surface area contributed by atoms with E-state index in [0.29, 0.717) is 29.8 Å². The smallest absolute Gasteiger partial charge is 0.229 e. The van der Waals surface area contributed by atoms with Crippen molar-refractivity contribution >= 4 is 28.3 Å². The van der Waals surface area contributed by atoms with E-state index in [0.717, 1.165) is 11.4 Å². The fraction of sp³-hybridized carbons (Fsp3) is 0.600. The molecule has 0 spiro atoms. The molecule has 0 saturated carbocycles. The van der Waals surface area contributed by atoms with Crippen LogP contribution in [-0.4, -0.2) is 50.6 Å². The van der Waals surface area contributed by atoms with Gasteiger partial charge in [-0.1, -0.05) is 30.3 Å². The average Bonchev–Trinajstić information content (AvgIpc) is 3.32. The summed E-state index contributed by atoms with van der Waals surface area (Å²) >= 11 is 1.39. The number of rotatable bonds is 6. The Labute approximate surface area is 149 Å². The molecule has 1 aliphatic heterocycles. The van der Waals surface area contributed by atoms with Crippen molar-refractivity contribution < 1.29 is 14.1 Å². The molecule has 0 N–H and O–H groups in total. The minimum atomic E-state index is -0.399. The van der Waals surface area contributed by atoms with Crippen molar-refractivity contribution in [2.45, 2.75) is 39.7 Å². The second-order valence-electron chi connectivity index (χ2n) is 5.89. The highest BCUT2D eigenvalue weighted by atomic mass is 32.1. The summed E-state index contributed by atoms with van der Waals surface area (Å²) in [7, 11) is 1.68. The number of hydrogen-bond acceptors (Lipinski definition) is 8. The third kappa shape index (κ3) is 3.68. The quantitative estimate of drug-likeness (QED) is 0.754. The van der Waals surface area contributed by atoms with Crippen molar-refractivity contribution in [3.8, 4) is 0 Å². The summed E-state index contributed by atoms with van der Waals surface area (Å²) in [5, 5.41) is 13.4. The van der Waals surface area contributed by atoms with Crippen molar-refractivity contribution in [2.75, 3.05) is 18.5 Å². The first kappa shape index (κ1) is 17.5. The summed E-state index contributed by atoms with van der Waals surface area (Å²) < 4.78 is 5.05. The SMILES string of the molecule is CCc1nc(CN(C)C(=O)C2CC(=O)N(c3nnc(CC)s3)C2)no1. The largest absolute Gasteiger partial charge is 0.339 e. The van der Waals surface area contributed by atoms with Gasteiger partial charge in [0.25, 0.3) is 0 Å². The Morgan fingerprint density at radius 3 is 2.80 bits per heavy atom. The molecule has 1 atom stereocenters. The van der Waals surface area contributed by atoms with Gasteiger partial charge in [-0.05, 0) is 6.42 Å². The van der Waals surface area contributed by atoms with Crippen LogP contribution >= 0.6 is 11.3 Å². The van der Waals surface area contributed by atoms with Gasteiger partial charge in [0.2, 0.25) is 22.8 Å². The predicted molar refractivity (Wildman–Crippen MR) is 89.9 cm³/mol. The van der Waals surface area contributed by atoms with Crippen LogP contribution in [0.3, 0.4) is 0 Å². The van der Waals surface area contributed by atoms with Crippen molar-refractivity contribution in [3.05, 3.63) is 16.7 Å². The van der Waals surface area contributed by atoms with Gasteiger partial charge >= 0.3 is 0 Å². The molecule has 1 fully saturated rings. The van der Waals surface area contributed by atoms with Gasteiger partial charge in [-0.25, -0.2) is 0 Å². The molecule has 9 nitrogen and oxygen atoms in total. The molecule has 3 rings (SSSR count). The standard InChI is InChI=1S/C15H20N6O3S/c1-4-11-16-10(19-24-11)8-20(3)14(23)9-6-13(22)21(7-9)15-18-17-12(5-2)25-15/h9H,4-8H2,1-3H3. The predicted octanol–water partition coefficient (Wildman–Crippen LogP) is 1.06. The maximum Gasteiger partial charge on any atom is 0.229 e. The Balaban J connectivity index is 1.63. The van der Waals surface area contributed by atoms with E-state index in [9.17, 15) is 9.59 Å². The molecule has 134 valence electrons. The molecule has 0 aromatic carbocycles. The van der Waals surface area contributed by atoms with E-state index >= 15 is 0 Å². The lowest BCUT2D eigenvalue weighted by molar-refractivity contribution is -0.135. The van der Waals surface area contributed by atoms with Crippen LogP contribution in [0.1, 0.15) is 37.0 Å². The van der Waals surface area contributed by atoms with Gasteiger partial charge in [-0.3, -0.25) is 14.5 Å². The van der Waals surface area contributed by atoms with Crippen LogP contribution in [0.5, 0.6) is 0 Å². The van der Waals surface area contributed by atoms with Crippen molar-refractivity contribution in [1.29, 1.82) is 0 Å². The molecule has 1 aliphatic rings. The van der Waals surface area contributed by atoms with Crippen molar-refractivity contribution in [1.82, 2.24) is 25.2 Å². The maximum absolute atomic E-state index is 12.6. The molecule has 2 amide bonds. The second-order valence-corrected chi connectivity index (χ2v) is 6.93. The molecule has 10 heteroatoms. The van der Waals surface area contributed by atoms with Gasteiger partial charge in [-0.15, -0.1) is 10.2 Å². The number of aromatic nitrogens is 4. The van der Waals surface area contributed by atoms with Gasteiger partial charge < -0.3 is 9.42 Å². The monoisotopic (exact) mass is 364 g/mol. The van der Waals surface area contributed by atoms with Gasteiger partial charge in [-0.2, -0.15) is 4.98 Å². The topological polar surface area (TPSA) is 105 Å². The Bertz CT molecular complexity index is 773. The third-order valence-corrected chi connectivity index (χ3v) is 5.12. The van der Waals surface area contributed by atoms with Crippen LogP contribution in [0.4, 0.5) is 5.13 Å². The van der Waals surface area contributed by atoms with E-state index in [1.165, 1.54) is 16.2 Å². The Morgan fingerprint density at radius 2 is 2.16 bits per heavy atom. The second kappa shape index (κ2) is 7.26. The summed E-state index contributed by atoms with van der Waals surface area (Å²) in [6.45, 7) is 4.49. The van der Waals surface area contributed by atoms with Gasteiger partial charge in [0.15, 0.2) is 5.82 Å². The number of nitrogens with zero attached hydrogens (tertiary/aromatic N) is 6. The highest BCUT2D eigenvalue weighted by Gasteiger charge is 2.38.